The molecule has 2 N–H and O–H groups in total. The molecule has 0 amide bonds. The Hall–Kier alpha value is -1.96. The molecule has 0 aliphatic heterocycles. The normalized spacial score (nSPS) is 21.4. The van der Waals surface area contributed by atoms with Crippen LogP contribution in [0.25, 0.3) is 0 Å². The summed E-state index contributed by atoms with van der Waals surface area (Å²) in [5.74, 6) is 0.396. The van der Waals surface area contributed by atoms with Crippen molar-refractivity contribution >= 4 is 5.69 Å². The molecule has 0 bridgehead atoms. The van der Waals surface area contributed by atoms with Gasteiger partial charge in [-0.2, -0.15) is 0 Å². The van der Waals surface area contributed by atoms with Crippen LogP contribution in [0.4, 0.5) is 5.69 Å². The fourth-order valence-electron chi connectivity index (χ4n) is 3.71. The topological polar surface area (TPSA) is 32.3 Å². The lowest BCUT2D eigenvalue weighted by Crippen LogP contribution is -2.34. The third kappa shape index (κ3) is 3.15. The molecule has 3 rings (SSSR count). The number of rotatable bonds is 2. The van der Waals surface area contributed by atoms with Crippen LogP contribution in [0.2, 0.25) is 0 Å². The molecule has 1 aromatic carbocycles. The van der Waals surface area contributed by atoms with Crippen LogP contribution in [0, 0.1) is 6.92 Å². The number of fused-ring (bicyclic) bond motifs is 1. The van der Waals surface area contributed by atoms with Gasteiger partial charge in [-0.25, -0.2) is 0 Å². The van der Waals surface area contributed by atoms with E-state index in [4.69, 9.17) is 0 Å². The molecular weight excluding hydrogens is 294 g/mol. The first-order chi connectivity index (χ1) is 11.2. The monoisotopic (exact) mass is 323 g/mol. The summed E-state index contributed by atoms with van der Waals surface area (Å²) in [6.45, 7) is 11.6. The van der Waals surface area contributed by atoms with E-state index in [2.05, 4.69) is 52.1 Å². The van der Waals surface area contributed by atoms with E-state index in [9.17, 15) is 5.11 Å². The molecule has 0 atom stereocenters. The van der Waals surface area contributed by atoms with Crippen molar-refractivity contribution in [3.8, 4) is 0 Å². The number of aliphatic hydroxyl groups excluding tert-OH is 1. The van der Waals surface area contributed by atoms with Gasteiger partial charge in [0.25, 0.3) is 0 Å². The lowest BCUT2D eigenvalue weighted by molar-refractivity contribution is 0.332. The lowest BCUT2D eigenvalue weighted by Gasteiger charge is -2.42. The zero-order valence-corrected chi connectivity index (χ0v) is 15.5. The van der Waals surface area contributed by atoms with E-state index in [1.54, 1.807) is 6.08 Å². The Morgan fingerprint density at radius 2 is 1.58 bits per heavy atom. The summed E-state index contributed by atoms with van der Waals surface area (Å²) in [7, 11) is 0. The Labute approximate surface area is 146 Å². The van der Waals surface area contributed by atoms with Crippen LogP contribution >= 0.6 is 0 Å². The van der Waals surface area contributed by atoms with Gasteiger partial charge in [0.15, 0.2) is 0 Å². The Kier molecular flexibility index (Phi) is 4.11. The van der Waals surface area contributed by atoms with Gasteiger partial charge in [0, 0.05) is 17.8 Å². The SMILES string of the molecule is Cc1cc2c(cc1NC1=CC=C(O)CC=C1)C(C)(C)CCC2(C)C. The highest BCUT2D eigenvalue weighted by Crippen LogP contribution is 2.47. The summed E-state index contributed by atoms with van der Waals surface area (Å²) in [4.78, 5) is 0. The van der Waals surface area contributed by atoms with E-state index < -0.39 is 0 Å². The molecule has 0 radical (unpaired) electrons. The molecule has 2 heteroatoms. The second kappa shape index (κ2) is 5.84. The summed E-state index contributed by atoms with van der Waals surface area (Å²) in [6.07, 6.45) is 10.8. The van der Waals surface area contributed by atoms with Crippen molar-refractivity contribution in [3.63, 3.8) is 0 Å². The van der Waals surface area contributed by atoms with E-state index in [1.807, 2.05) is 18.2 Å². The Morgan fingerprint density at radius 3 is 2.25 bits per heavy atom. The zero-order chi connectivity index (χ0) is 17.5. The maximum absolute atomic E-state index is 9.65. The van der Waals surface area contributed by atoms with Gasteiger partial charge in [0.1, 0.15) is 0 Å². The average Bonchev–Trinajstić information content (AvgIpc) is 2.70. The molecule has 24 heavy (non-hydrogen) atoms. The first-order valence-electron chi connectivity index (χ1n) is 8.88. The highest BCUT2D eigenvalue weighted by molar-refractivity contribution is 5.62. The molecular formula is C22H29NO. The molecule has 0 saturated heterocycles. The van der Waals surface area contributed by atoms with Crippen LogP contribution in [0.5, 0.6) is 0 Å². The van der Waals surface area contributed by atoms with Crippen molar-refractivity contribution < 1.29 is 5.11 Å². The molecule has 2 aliphatic rings. The molecule has 0 saturated carbocycles. The standard InChI is InChI=1S/C22H29NO/c1-15-13-18-19(22(4,5)12-11-21(18,2)3)14-20(15)23-16-7-6-8-17(24)10-9-16/h6-7,9-10,13-14,23-24H,8,11-12H2,1-5H3. The molecule has 128 valence electrons. The number of aryl methyl sites for hydroxylation is 1. The molecule has 0 aromatic heterocycles. The Bertz CT molecular complexity index is 747. The molecule has 1 aromatic rings. The smallest absolute Gasteiger partial charge is 0.0961 e. The summed E-state index contributed by atoms with van der Waals surface area (Å²) >= 11 is 0. The minimum atomic E-state index is 0.209. The van der Waals surface area contributed by atoms with E-state index >= 15 is 0 Å². The minimum absolute atomic E-state index is 0.209. The van der Waals surface area contributed by atoms with Gasteiger partial charge in [0.2, 0.25) is 0 Å². The number of nitrogens with one attached hydrogen (secondary N) is 1. The summed E-state index contributed by atoms with van der Waals surface area (Å²) in [5, 5.41) is 13.2. The predicted octanol–water partition coefficient (Wildman–Crippen LogP) is 6.04. The Balaban J connectivity index is 2.02. The van der Waals surface area contributed by atoms with Gasteiger partial charge in [-0.3, -0.25) is 0 Å². The Morgan fingerprint density at radius 1 is 0.958 bits per heavy atom. The minimum Gasteiger partial charge on any atom is -0.512 e. The lowest BCUT2D eigenvalue weighted by atomic mass is 9.63. The fraction of sp³-hybridized carbons (Fsp3) is 0.455. The van der Waals surface area contributed by atoms with E-state index in [-0.39, 0.29) is 10.8 Å². The molecule has 0 heterocycles. The molecule has 0 unspecified atom stereocenters. The number of hydrogen-bond acceptors (Lipinski definition) is 2. The number of aliphatic hydroxyl groups is 1. The van der Waals surface area contributed by atoms with Crippen molar-refractivity contribution in [2.45, 2.75) is 64.7 Å². The van der Waals surface area contributed by atoms with Crippen LogP contribution < -0.4 is 5.32 Å². The van der Waals surface area contributed by atoms with Crippen molar-refractivity contribution in [2.75, 3.05) is 5.32 Å². The van der Waals surface area contributed by atoms with Crippen molar-refractivity contribution in [1.82, 2.24) is 0 Å². The first-order valence-corrected chi connectivity index (χ1v) is 8.88. The molecule has 0 spiro atoms. The predicted molar refractivity (Wildman–Crippen MR) is 103 cm³/mol. The van der Waals surface area contributed by atoms with Crippen LogP contribution in [0.1, 0.15) is 63.6 Å². The second-order valence-electron chi connectivity index (χ2n) is 8.49. The van der Waals surface area contributed by atoms with Gasteiger partial charge in [-0.15, -0.1) is 0 Å². The van der Waals surface area contributed by atoms with Crippen molar-refractivity contribution in [3.05, 3.63) is 64.6 Å². The van der Waals surface area contributed by atoms with Gasteiger partial charge in [-0.05, 0) is 71.6 Å². The van der Waals surface area contributed by atoms with Crippen molar-refractivity contribution in [2.24, 2.45) is 0 Å². The van der Waals surface area contributed by atoms with Crippen LogP contribution in [-0.4, -0.2) is 5.11 Å². The van der Waals surface area contributed by atoms with E-state index in [0.717, 1.165) is 11.4 Å². The highest BCUT2D eigenvalue weighted by atomic mass is 16.3. The van der Waals surface area contributed by atoms with Gasteiger partial charge in [0.05, 0.1) is 5.76 Å². The van der Waals surface area contributed by atoms with Gasteiger partial charge in [-0.1, -0.05) is 39.8 Å². The molecule has 2 nitrogen and oxygen atoms in total. The third-order valence-corrected chi connectivity index (χ3v) is 5.56. The zero-order valence-electron chi connectivity index (χ0n) is 15.5. The summed E-state index contributed by atoms with van der Waals surface area (Å²) < 4.78 is 0. The summed E-state index contributed by atoms with van der Waals surface area (Å²) in [6, 6.07) is 4.71. The number of hydrogen-bond donors (Lipinski definition) is 2. The average molecular weight is 323 g/mol. The molecule has 2 aliphatic carbocycles. The van der Waals surface area contributed by atoms with Crippen LogP contribution in [0.15, 0.2) is 47.9 Å². The van der Waals surface area contributed by atoms with E-state index in [1.165, 1.54) is 29.5 Å². The maximum atomic E-state index is 9.65. The van der Waals surface area contributed by atoms with Crippen LogP contribution in [0.3, 0.4) is 0 Å². The highest BCUT2D eigenvalue weighted by Gasteiger charge is 2.37. The maximum Gasteiger partial charge on any atom is 0.0961 e. The quantitative estimate of drug-likeness (QED) is 0.695. The largest absolute Gasteiger partial charge is 0.512 e. The van der Waals surface area contributed by atoms with E-state index in [0.29, 0.717) is 12.2 Å². The van der Waals surface area contributed by atoms with Gasteiger partial charge < -0.3 is 10.4 Å². The summed E-state index contributed by atoms with van der Waals surface area (Å²) in [5.41, 5.74) is 6.84. The van der Waals surface area contributed by atoms with Crippen LogP contribution in [-0.2, 0) is 10.8 Å². The second-order valence-corrected chi connectivity index (χ2v) is 8.49. The number of allylic oxidation sites excluding steroid dienone is 4. The fourth-order valence-corrected chi connectivity index (χ4v) is 3.71. The third-order valence-electron chi connectivity index (χ3n) is 5.56. The number of benzene rings is 1. The number of anilines is 1. The van der Waals surface area contributed by atoms with Gasteiger partial charge >= 0.3 is 0 Å². The van der Waals surface area contributed by atoms with Crippen molar-refractivity contribution in [1.29, 1.82) is 0 Å². The first kappa shape index (κ1) is 16.9. The molecule has 0 fully saturated rings.